The van der Waals surface area contributed by atoms with Crippen molar-refractivity contribution >= 4 is 32.9 Å². The maximum atomic E-state index is 6.46. The van der Waals surface area contributed by atoms with Crippen LogP contribution in [0.25, 0.3) is 95.3 Å². The van der Waals surface area contributed by atoms with Gasteiger partial charge in [-0.2, -0.15) is 4.98 Å². The lowest BCUT2D eigenvalue weighted by Crippen LogP contribution is -2.00. The lowest BCUT2D eigenvalue weighted by atomic mass is 10.0. The molecule has 10 aromatic rings. The second-order valence-corrected chi connectivity index (χ2v) is 12.7. The van der Waals surface area contributed by atoms with Crippen molar-refractivity contribution in [1.82, 2.24) is 24.5 Å². The van der Waals surface area contributed by atoms with Crippen LogP contribution in [0.4, 0.5) is 0 Å². The topological polar surface area (TPSA) is 69.6 Å². The highest BCUT2D eigenvalue weighted by molar-refractivity contribution is 6.09. The molecule has 6 heteroatoms. The Balaban J connectivity index is 1.01. The summed E-state index contributed by atoms with van der Waals surface area (Å²) in [5.41, 5.74) is 10.8. The van der Waals surface area contributed by atoms with Crippen molar-refractivity contribution in [2.45, 2.75) is 0 Å². The maximum Gasteiger partial charge on any atom is 0.307 e. The van der Waals surface area contributed by atoms with E-state index in [1.54, 1.807) is 0 Å². The van der Waals surface area contributed by atoms with E-state index in [4.69, 9.17) is 24.4 Å². The van der Waals surface area contributed by atoms with Gasteiger partial charge in [-0.15, -0.1) is 0 Å². The minimum atomic E-state index is 0.550. The van der Waals surface area contributed by atoms with Gasteiger partial charge in [-0.3, -0.25) is 4.57 Å². The third kappa shape index (κ3) is 5.22. The highest BCUT2D eigenvalue weighted by Gasteiger charge is 2.17. The highest BCUT2D eigenvalue weighted by Crippen LogP contribution is 2.34. The molecule has 0 bridgehead atoms. The number of para-hydroxylation sites is 2. The fraction of sp³-hybridized carbons (Fsp3) is 0. The van der Waals surface area contributed by atoms with Crippen LogP contribution in [0.15, 0.2) is 180 Å². The molecule has 6 nitrogen and oxygen atoms in total. The average molecular weight is 668 g/mol. The Morgan fingerprint density at radius 1 is 0.346 bits per heavy atom. The monoisotopic (exact) mass is 667 g/mol. The van der Waals surface area contributed by atoms with Crippen LogP contribution in [0.1, 0.15) is 0 Å². The second kappa shape index (κ2) is 12.3. The fourth-order valence-corrected chi connectivity index (χ4v) is 6.95. The van der Waals surface area contributed by atoms with Gasteiger partial charge in [0.25, 0.3) is 0 Å². The Morgan fingerprint density at radius 3 is 1.48 bits per heavy atom. The molecule has 0 aliphatic heterocycles. The Labute approximate surface area is 299 Å². The number of nitrogens with zero attached hydrogens (tertiary/aromatic N) is 5. The molecule has 3 aromatic heterocycles. The molecule has 0 radical (unpaired) electrons. The summed E-state index contributed by atoms with van der Waals surface area (Å²) in [5.74, 6) is 1.87. The molecule has 7 aromatic carbocycles. The van der Waals surface area contributed by atoms with Gasteiger partial charge in [0.15, 0.2) is 23.1 Å². The summed E-state index contributed by atoms with van der Waals surface area (Å²) < 4.78 is 8.56. The van der Waals surface area contributed by atoms with Gasteiger partial charge in [0.05, 0.1) is 11.0 Å². The fourth-order valence-electron chi connectivity index (χ4n) is 6.95. The summed E-state index contributed by atoms with van der Waals surface area (Å²) in [6, 6.07) is 60.5. The van der Waals surface area contributed by atoms with Gasteiger partial charge in [0.2, 0.25) is 0 Å². The Bertz CT molecular complexity index is 2840. The van der Waals surface area contributed by atoms with Gasteiger partial charge in [0, 0.05) is 27.5 Å². The van der Waals surface area contributed by atoms with Crippen LogP contribution in [-0.4, -0.2) is 24.5 Å². The van der Waals surface area contributed by atoms with E-state index in [1.807, 2.05) is 66.7 Å². The van der Waals surface area contributed by atoms with E-state index >= 15 is 0 Å². The van der Waals surface area contributed by atoms with Crippen LogP contribution in [0, 0.1) is 0 Å². The molecule has 0 aliphatic rings. The van der Waals surface area contributed by atoms with Gasteiger partial charge < -0.3 is 4.42 Å². The number of aromatic nitrogens is 5. The number of hydrogen-bond acceptors (Lipinski definition) is 5. The van der Waals surface area contributed by atoms with Gasteiger partial charge >= 0.3 is 6.01 Å². The molecule has 0 spiro atoms. The second-order valence-electron chi connectivity index (χ2n) is 12.7. The normalized spacial score (nSPS) is 11.5. The maximum absolute atomic E-state index is 6.46. The molecular weight excluding hydrogens is 639 g/mol. The first-order chi connectivity index (χ1) is 25.7. The van der Waals surface area contributed by atoms with Gasteiger partial charge in [-0.05, 0) is 52.6 Å². The zero-order valence-electron chi connectivity index (χ0n) is 27.9. The molecule has 0 N–H and O–H groups in total. The minimum Gasteiger partial charge on any atom is -0.423 e. The van der Waals surface area contributed by atoms with E-state index in [0.29, 0.717) is 23.5 Å². The molecule has 10 rings (SSSR count). The van der Waals surface area contributed by atoms with E-state index in [0.717, 1.165) is 61.1 Å². The molecule has 0 unspecified atom stereocenters. The van der Waals surface area contributed by atoms with Gasteiger partial charge in [-0.1, -0.05) is 146 Å². The van der Waals surface area contributed by atoms with Gasteiger partial charge in [-0.25, -0.2) is 15.0 Å². The van der Waals surface area contributed by atoms with Crippen molar-refractivity contribution in [3.8, 4) is 62.4 Å². The van der Waals surface area contributed by atoms with Crippen LogP contribution in [0.2, 0.25) is 0 Å². The van der Waals surface area contributed by atoms with Crippen molar-refractivity contribution in [3.63, 3.8) is 0 Å². The van der Waals surface area contributed by atoms with E-state index < -0.39 is 0 Å². The zero-order chi connectivity index (χ0) is 34.4. The van der Waals surface area contributed by atoms with E-state index in [9.17, 15) is 0 Å². The lowest BCUT2D eigenvalue weighted by molar-refractivity contribution is 0.574. The molecule has 0 atom stereocenters. The largest absolute Gasteiger partial charge is 0.423 e. The summed E-state index contributed by atoms with van der Waals surface area (Å²) in [5, 5.41) is 2.34. The first kappa shape index (κ1) is 29.7. The lowest BCUT2D eigenvalue weighted by Gasteiger charge is -2.10. The Hall–Kier alpha value is -7.18. The summed E-state index contributed by atoms with van der Waals surface area (Å²) in [7, 11) is 0. The standard InChI is InChI=1S/C46H29N5O/c1-3-12-30(13-4-1)34-16-11-17-36(28-34)45-49-43(32-14-5-2-6-15-32)48-44(50-45)33-24-22-31(23-25-33)35-26-27-39-42(29-35)52-46(47-39)51-40-20-9-7-18-37(40)38-19-8-10-21-41(38)51/h1-29H. The number of rotatable bonds is 6. The molecule has 0 aliphatic carbocycles. The van der Waals surface area contributed by atoms with Crippen molar-refractivity contribution in [1.29, 1.82) is 0 Å². The van der Waals surface area contributed by atoms with Crippen molar-refractivity contribution < 1.29 is 4.42 Å². The summed E-state index contributed by atoms with van der Waals surface area (Å²) in [4.78, 5) is 19.8. The van der Waals surface area contributed by atoms with Gasteiger partial charge in [0.1, 0.15) is 5.52 Å². The summed E-state index contributed by atoms with van der Waals surface area (Å²) in [6.07, 6.45) is 0. The smallest absolute Gasteiger partial charge is 0.307 e. The van der Waals surface area contributed by atoms with E-state index in [-0.39, 0.29) is 0 Å². The molecule has 3 heterocycles. The van der Waals surface area contributed by atoms with E-state index in [1.165, 1.54) is 10.8 Å². The van der Waals surface area contributed by atoms with Crippen LogP contribution >= 0.6 is 0 Å². The molecular formula is C46H29N5O. The molecule has 244 valence electrons. The number of oxazole rings is 1. The Morgan fingerprint density at radius 2 is 0.808 bits per heavy atom. The van der Waals surface area contributed by atoms with Crippen LogP contribution < -0.4 is 0 Å². The number of hydrogen-bond donors (Lipinski definition) is 0. The van der Waals surface area contributed by atoms with E-state index in [2.05, 4.69) is 114 Å². The number of fused-ring (bicyclic) bond motifs is 4. The minimum absolute atomic E-state index is 0.550. The molecule has 0 saturated carbocycles. The molecule has 0 saturated heterocycles. The highest BCUT2D eigenvalue weighted by atomic mass is 16.4. The van der Waals surface area contributed by atoms with Crippen molar-refractivity contribution in [3.05, 3.63) is 176 Å². The molecule has 52 heavy (non-hydrogen) atoms. The quantitative estimate of drug-likeness (QED) is 0.176. The van der Waals surface area contributed by atoms with Crippen molar-refractivity contribution in [2.75, 3.05) is 0 Å². The summed E-state index contributed by atoms with van der Waals surface area (Å²) >= 11 is 0. The predicted octanol–water partition coefficient (Wildman–Crippen LogP) is 11.4. The summed E-state index contributed by atoms with van der Waals surface area (Å²) in [6.45, 7) is 0. The molecule has 0 fully saturated rings. The first-order valence-corrected chi connectivity index (χ1v) is 17.2. The SMILES string of the molecule is c1ccc(-c2cccc(-c3nc(-c4ccccc4)nc(-c4ccc(-c5ccc6nc(-n7c8ccccc8c8ccccc87)oc6c5)cc4)n3)c2)cc1. The first-order valence-electron chi connectivity index (χ1n) is 17.2. The molecule has 0 amide bonds. The third-order valence-corrected chi connectivity index (χ3v) is 9.52. The zero-order valence-corrected chi connectivity index (χ0v) is 27.9. The third-order valence-electron chi connectivity index (χ3n) is 9.52. The van der Waals surface area contributed by atoms with Crippen LogP contribution in [0.3, 0.4) is 0 Å². The van der Waals surface area contributed by atoms with Crippen molar-refractivity contribution in [2.24, 2.45) is 0 Å². The van der Waals surface area contributed by atoms with Crippen LogP contribution in [-0.2, 0) is 0 Å². The average Bonchev–Trinajstić information content (AvgIpc) is 3.80. The Kier molecular flexibility index (Phi) is 7.03. The predicted molar refractivity (Wildman–Crippen MR) is 209 cm³/mol. The van der Waals surface area contributed by atoms with Crippen LogP contribution in [0.5, 0.6) is 0 Å². The number of benzene rings is 7.